The van der Waals surface area contributed by atoms with E-state index < -0.39 is 11.7 Å². The average Bonchev–Trinajstić information content (AvgIpc) is 2.97. The molecule has 5 nitrogen and oxygen atoms in total. The number of halogens is 3. The Kier molecular flexibility index (Phi) is 4.97. The summed E-state index contributed by atoms with van der Waals surface area (Å²) in [5.41, 5.74) is 0.770. The van der Waals surface area contributed by atoms with Crippen LogP contribution >= 0.6 is 0 Å². The number of aliphatic hydroxyl groups is 1. The fourth-order valence-electron chi connectivity index (χ4n) is 3.64. The average molecular weight is 390 g/mol. The molecule has 2 N–H and O–H groups in total. The summed E-state index contributed by atoms with van der Waals surface area (Å²) in [4.78, 5) is 4.26. The third kappa shape index (κ3) is 3.96. The number of nitrogens with zero attached hydrogens (tertiary/aromatic N) is 3. The van der Waals surface area contributed by atoms with Gasteiger partial charge in [-0.15, -0.1) is 5.10 Å². The Hall–Kier alpha value is -2.61. The molecule has 1 aliphatic carbocycles. The number of nitrogens with one attached hydrogen (secondary N) is 1. The van der Waals surface area contributed by atoms with Crippen molar-refractivity contribution < 1.29 is 18.3 Å². The van der Waals surface area contributed by atoms with E-state index in [2.05, 4.69) is 15.4 Å². The molecule has 0 radical (unpaired) electrons. The van der Waals surface area contributed by atoms with E-state index in [0.717, 1.165) is 44.2 Å². The van der Waals surface area contributed by atoms with Crippen LogP contribution in [0.5, 0.6) is 0 Å². The number of anilines is 1. The highest BCUT2D eigenvalue weighted by molar-refractivity contribution is 5.64. The largest absolute Gasteiger partial charge is 0.416 e. The van der Waals surface area contributed by atoms with Crippen molar-refractivity contribution in [1.29, 1.82) is 0 Å². The first-order valence-electron chi connectivity index (χ1n) is 9.37. The lowest BCUT2D eigenvalue weighted by molar-refractivity contribution is -0.137. The second-order valence-electron chi connectivity index (χ2n) is 7.21. The van der Waals surface area contributed by atoms with Gasteiger partial charge in [-0.25, -0.2) is 9.50 Å². The van der Waals surface area contributed by atoms with Crippen molar-refractivity contribution in [2.24, 2.45) is 0 Å². The molecule has 2 heterocycles. The zero-order chi connectivity index (χ0) is 19.7. The fourth-order valence-corrected chi connectivity index (χ4v) is 3.64. The number of imidazole rings is 1. The molecule has 3 aromatic rings. The first-order chi connectivity index (χ1) is 13.4. The molecular formula is C20H21F3N4O. The van der Waals surface area contributed by atoms with E-state index in [1.165, 1.54) is 12.3 Å². The van der Waals surface area contributed by atoms with Crippen LogP contribution in [0.25, 0.3) is 16.9 Å². The molecule has 1 aromatic carbocycles. The Morgan fingerprint density at radius 3 is 2.75 bits per heavy atom. The molecule has 0 unspecified atom stereocenters. The Morgan fingerprint density at radius 2 is 1.93 bits per heavy atom. The summed E-state index contributed by atoms with van der Waals surface area (Å²) in [6.45, 7) is 0. The van der Waals surface area contributed by atoms with E-state index in [4.69, 9.17) is 0 Å². The number of aromatic nitrogens is 3. The Labute approximate surface area is 160 Å². The van der Waals surface area contributed by atoms with Gasteiger partial charge in [0.05, 0.1) is 23.6 Å². The van der Waals surface area contributed by atoms with Crippen LogP contribution in [0.3, 0.4) is 0 Å². The van der Waals surface area contributed by atoms with E-state index in [9.17, 15) is 18.3 Å². The number of hydrogen-bond acceptors (Lipinski definition) is 4. The standard InChI is InChI=1S/C20H21F3N4O/c21-20(22,23)14-4-1-3-13(11-14)17-12-24-19-10-9-18(26-27(17)19)25-15-5-2-6-16(28)8-7-15/h1,3-4,9-12,15-16,28H,2,5-8H2,(H,25,26)/t15-,16+/m1/s1. The highest BCUT2D eigenvalue weighted by atomic mass is 19.4. The molecule has 0 amide bonds. The van der Waals surface area contributed by atoms with Crippen molar-refractivity contribution in [2.45, 2.75) is 50.4 Å². The smallest absolute Gasteiger partial charge is 0.393 e. The van der Waals surface area contributed by atoms with Crippen LogP contribution in [-0.2, 0) is 6.18 Å². The summed E-state index contributed by atoms with van der Waals surface area (Å²) in [5, 5.41) is 17.7. The molecule has 0 bridgehead atoms. The van der Waals surface area contributed by atoms with E-state index in [1.54, 1.807) is 16.6 Å². The van der Waals surface area contributed by atoms with Gasteiger partial charge < -0.3 is 10.4 Å². The third-order valence-corrected chi connectivity index (χ3v) is 5.14. The van der Waals surface area contributed by atoms with E-state index in [1.807, 2.05) is 6.07 Å². The summed E-state index contributed by atoms with van der Waals surface area (Å²) in [6, 6.07) is 8.98. The van der Waals surface area contributed by atoms with Gasteiger partial charge in [0, 0.05) is 11.6 Å². The number of hydrogen-bond donors (Lipinski definition) is 2. The van der Waals surface area contributed by atoms with E-state index >= 15 is 0 Å². The molecule has 148 valence electrons. The molecule has 2 aromatic heterocycles. The summed E-state index contributed by atoms with van der Waals surface area (Å²) in [7, 11) is 0. The summed E-state index contributed by atoms with van der Waals surface area (Å²) in [5.74, 6) is 0.639. The van der Waals surface area contributed by atoms with Crippen molar-refractivity contribution in [2.75, 3.05) is 5.32 Å². The number of rotatable bonds is 3. The van der Waals surface area contributed by atoms with Gasteiger partial charge in [0.1, 0.15) is 5.82 Å². The maximum Gasteiger partial charge on any atom is 0.416 e. The maximum absolute atomic E-state index is 13.0. The van der Waals surface area contributed by atoms with Crippen molar-refractivity contribution in [1.82, 2.24) is 14.6 Å². The van der Waals surface area contributed by atoms with E-state index in [0.29, 0.717) is 22.7 Å². The van der Waals surface area contributed by atoms with Gasteiger partial charge >= 0.3 is 6.18 Å². The molecule has 1 aliphatic rings. The first-order valence-corrected chi connectivity index (χ1v) is 9.37. The van der Waals surface area contributed by atoms with Crippen molar-refractivity contribution >= 4 is 11.5 Å². The van der Waals surface area contributed by atoms with Crippen molar-refractivity contribution in [3.05, 3.63) is 48.2 Å². The lowest BCUT2D eigenvalue weighted by Gasteiger charge is -2.17. The molecular weight excluding hydrogens is 369 g/mol. The number of alkyl halides is 3. The highest BCUT2D eigenvalue weighted by Crippen LogP contribution is 2.32. The minimum absolute atomic E-state index is 0.211. The predicted molar refractivity (Wildman–Crippen MR) is 99.9 cm³/mol. The molecule has 8 heteroatoms. The third-order valence-electron chi connectivity index (χ3n) is 5.14. The first kappa shape index (κ1) is 18.7. The van der Waals surface area contributed by atoms with Crippen molar-refractivity contribution in [3.8, 4) is 11.3 Å². The molecule has 0 spiro atoms. The van der Waals surface area contributed by atoms with Gasteiger partial charge in [-0.2, -0.15) is 13.2 Å². The van der Waals surface area contributed by atoms with Gasteiger partial charge in [0.15, 0.2) is 5.65 Å². The van der Waals surface area contributed by atoms with Crippen molar-refractivity contribution in [3.63, 3.8) is 0 Å². The van der Waals surface area contributed by atoms with Crippen LogP contribution in [0.15, 0.2) is 42.6 Å². The normalized spacial score (nSPS) is 20.9. The lowest BCUT2D eigenvalue weighted by Crippen LogP contribution is -2.20. The summed E-state index contributed by atoms with van der Waals surface area (Å²) < 4.78 is 40.7. The second kappa shape index (κ2) is 7.43. The van der Waals surface area contributed by atoms with Gasteiger partial charge in [-0.3, -0.25) is 0 Å². The summed E-state index contributed by atoms with van der Waals surface area (Å²) >= 11 is 0. The van der Waals surface area contributed by atoms with Crippen LogP contribution < -0.4 is 5.32 Å². The topological polar surface area (TPSA) is 62.5 Å². The monoisotopic (exact) mass is 390 g/mol. The van der Waals surface area contributed by atoms with Gasteiger partial charge in [0.25, 0.3) is 0 Å². The zero-order valence-electron chi connectivity index (χ0n) is 15.2. The number of aliphatic hydroxyl groups excluding tert-OH is 1. The predicted octanol–water partition coefficient (Wildman–Crippen LogP) is 4.52. The van der Waals surface area contributed by atoms with Crippen LogP contribution in [0, 0.1) is 0 Å². The molecule has 28 heavy (non-hydrogen) atoms. The molecule has 1 fully saturated rings. The van der Waals surface area contributed by atoms with Crippen LogP contribution in [0.4, 0.5) is 19.0 Å². The van der Waals surface area contributed by atoms with Crippen LogP contribution in [-0.4, -0.2) is 31.9 Å². The van der Waals surface area contributed by atoms with Gasteiger partial charge in [-0.1, -0.05) is 12.1 Å². The number of benzene rings is 1. The highest BCUT2D eigenvalue weighted by Gasteiger charge is 2.30. The second-order valence-corrected chi connectivity index (χ2v) is 7.21. The number of fused-ring (bicyclic) bond motifs is 1. The molecule has 1 saturated carbocycles. The minimum Gasteiger partial charge on any atom is -0.393 e. The van der Waals surface area contributed by atoms with Crippen LogP contribution in [0.2, 0.25) is 0 Å². The molecule has 4 rings (SSSR count). The van der Waals surface area contributed by atoms with Crippen LogP contribution in [0.1, 0.15) is 37.7 Å². The summed E-state index contributed by atoms with van der Waals surface area (Å²) in [6.07, 6.45) is 1.19. The minimum atomic E-state index is -4.40. The molecule has 2 atom stereocenters. The maximum atomic E-state index is 13.0. The van der Waals surface area contributed by atoms with Gasteiger partial charge in [-0.05, 0) is 56.4 Å². The Balaban J connectivity index is 1.63. The molecule has 0 aliphatic heterocycles. The Bertz CT molecular complexity index is 969. The Morgan fingerprint density at radius 1 is 1.07 bits per heavy atom. The zero-order valence-corrected chi connectivity index (χ0v) is 15.2. The lowest BCUT2D eigenvalue weighted by atomic mass is 10.1. The SMILES string of the molecule is O[C@H]1CCC[C@@H](Nc2ccc3ncc(-c4cccc(C(F)(F)F)c4)n3n2)CC1. The fraction of sp³-hybridized carbons (Fsp3) is 0.400. The van der Waals surface area contributed by atoms with E-state index in [-0.39, 0.29) is 12.1 Å². The van der Waals surface area contributed by atoms with Gasteiger partial charge in [0.2, 0.25) is 0 Å². The molecule has 0 saturated heterocycles. The quantitative estimate of drug-likeness (QED) is 0.646.